The van der Waals surface area contributed by atoms with Crippen molar-refractivity contribution in [3.63, 3.8) is 0 Å². The molecule has 1 rings (SSSR count). The Labute approximate surface area is 90.7 Å². The molecule has 3 nitrogen and oxygen atoms in total. The summed E-state index contributed by atoms with van der Waals surface area (Å²) in [7, 11) is 0. The van der Waals surface area contributed by atoms with E-state index in [2.05, 4.69) is 24.4 Å². The van der Waals surface area contributed by atoms with Gasteiger partial charge in [0.1, 0.15) is 0 Å². The number of carbonyl (C=O) groups is 1. The van der Waals surface area contributed by atoms with E-state index in [4.69, 9.17) is 5.73 Å². The average Bonchev–Trinajstić information content (AvgIpc) is 2.26. The van der Waals surface area contributed by atoms with Crippen molar-refractivity contribution in [2.24, 2.45) is 5.73 Å². The lowest BCUT2D eigenvalue weighted by atomic mass is 9.93. The summed E-state index contributed by atoms with van der Waals surface area (Å²) in [5, 5.41) is 2.86. The first-order valence-electron chi connectivity index (χ1n) is 5.17. The Morgan fingerprint density at radius 2 is 2.00 bits per heavy atom. The van der Waals surface area contributed by atoms with Gasteiger partial charge in [-0.25, -0.2) is 0 Å². The van der Waals surface area contributed by atoms with Gasteiger partial charge < -0.3 is 11.1 Å². The van der Waals surface area contributed by atoms with Crippen molar-refractivity contribution in [2.75, 3.05) is 6.54 Å². The number of nitrogens with two attached hydrogens (primary N) is 1. The molecular formula is C12H18N2O. The molecule has 0 aliphatic carbocycles. The molecule has 0 aliphatic heterocycles. The van der Waals surface area contributed by atoms with Gasteiger partial charge in [-0.05, 0) is 5.56 Å². The van der Waals surface area contributed by atoms with Crippen LogP contribution >= 0.6 is 0 Å². The molecule has 0 spiro atoms. The Hall–Kier alpha value is -1.35. The molecule has 0 saturated heterocycles. The molecule has 0 aliphatic rings. The average molecular weight is 206 g/mol. The third-order valence-corrected chi connectivity index (χ3v) is 2.57. The molecule has 0 bridgehead atoms. The van der Waals surface area contributed by atoms with Crippen molar-refractivity contribution < 1.29 is 4.79 Å². The van der Waals surface area contributed by atoms with Crippen LogP contribution in [0.15, 0.2) is 30.3 Å². The van der Waals surface area contributed by atoms with Gasteiger partial charge in [-0.2, -0.15) is 0 Å². The zero-order valence-electron chi connectivity index (χ0n) is 9.23. The van der Waals surface area contributed by atoms with E-state index in [0.29, 0.717) is 6.54 Å². The zero-order chi connectivity index (χ0) is 11.3. The zero-order valence-corrected chi connectivity index (χ0v) is 9.23. The van der Waals surface area contributed by atoms with Crippen LogP contribution < -0.4 is 11.1 Å². The van der Waals surface area contributed by atoms with Gasteiger partial charge in [0.05, 0.1) is 0 Å². The molecule has 0 radical (unpaired) electrons. The van der Waals surface area contributed by atoms with Gasteiger partial charge in [0, 0.05) is 25.4 Å². The lowest BCUT2D eigenvalue weighted by Crippen LogP contribution is -2.42. The van der Waals surface area contributed by atoms with E-state index in [1.54, 1.807) is 0 Å². The minimum absolute atomic E-state index is 0.00454. The molecule has 1 aromatic rings. The van der Waals surface area contributed by atoms with E-state index in [1.165, 1.54) is 12.5 Å². The molecule has 2 unspecified atom stereocenters. The van der Waals surface area contributed by atoms with Crippen LogP contribution in [0, 0.1) is 0 Å². The minimum Gasteiger partial charge on any atom is -0.352 e. The van der Waals surface area contributed by atoms with Crippen molar-refractivity contribution in [3.05, 3.63) is 35.9 Å². The summed E-state index contributed by atoms with van der Waals surface area (Å²) >= 11 is 0. The Kier molecular flexibility index (Phi) is 4.31. The third-order valence-electron chi connectivity index (χ3n) is 2.57. The number of benzene rings is 1. The highest BCUT2D eigenvalue weighted by Gasteiger charge is 2.17. The molecule has 15 heavy (non-hydrogen) atoms. The van der Waals surface area contributed by atoms with Crippen molar-refractivity contribution in [3.8, 4) is 0 Å². The maximum Gasteiger partial charge on any atom is 0.217 e. The first-order chi connectivity index (χ1) is 7.15. The molecule has 3 N–H and O–H groups in total. The largest absolute Gasteiger partial charge is 0.352 e. The molecular weight excluding hydrogens is 188 g/mol. The van der Waals surface area contributed by atoms with Gasteiger partial charge >= 0.3 is 0 Å². The lowest BCUT2D eigenvalue weighted by molar-refractivity contribution is -0.119. The minimum atomic E-state index is -0.0340. The Bertz CT molecular complexity index is 311. The molecule has 0 aromatic heterocycles. The predicted octanol–water partition coefficient (Wildman–Crippen LogP) is 1.25. The van der Waals surface area contributed by atoms with Gasteiger partial charge in [0.15, 0.2) is 0 Å². The molecule has 0 saturated carbocycles. The molecule has 1 aromatic carbocycles. The maximum atomic E-state index is 11.0. The van der Waals surface area contributed by atoms with Gasteiger partial charge in [0.2, 0.25) is 5.91 Å². The van der Waals surface area contributed by atoms with Gasteiger partial charge in [-0.15, -0.1) is 0 Å². The summed E-state index contributed by atoms with van der Waals surface area (Å²) in [6.45, 7) is 4.04. The molecule has 82 valence electrons. The summed E-state index contributed by atoms with van der Waals surface area (Å²) in [5.41, 5.74) is 6.84. The lowest BCUT2D eigenvalue weighted by Gasteiger charge is -2.23. The smallest absolute Gasteiger partial charge is 0.217 e. The SMILES string of the molecule is CC(=O)NC(CN)C(C)c1ccccc1. The standard InChI is InChI=1S/C12H18N2O/c1-9(11-6-4-3-5-7-11)12(8-13)14-10(2)15/h3-7,9,12H,8,13H2,1-2H3,(H,14,15). The van der Waals surface area contributed by atoms with Gasteiger partial charge in [-0.3, -0.25) is 4.79 Å². The van der Waals surface area contributed by atoms with Crippen molar-refractivity contribution in [1.82, 2.24) is 5.32 Å². The highest BCUT2D eigenvalue weighted by Crippen LogP contribution is 2.18. The van der Waals surface area contributed by atoms with Crippen LogP contribution in [-0.4, -0.2) is 18.5 Å². The van der Waals surface area contributed by atoms with Crippen LogP contribution in [0.25, 0.3) is 0 Å². The number of hydrogen-bond acceptors (Lipinski definition) is 2. The van der Waals surface area contributed by atoms with Crippen LogP contribution in [0.1, 0.15) is 25.3 Å². The number of carbonyl (C=O) groups excluding carboxylic acids is 1. The van der Waals surface area contributed by atoms with Crippen LogP contribution in [0.3, 0.4) is 0 Å². The van der Waals surface area contributed by atoms with E-state index in [0.717, 1.165) is 0 Å². The Morgan fingerprint density at radius 3 is 2.47 bits per heavy atom. The predicted molar refractivity (Wildman–Crippen MR) is 61.5 cm³/mol. The second-order valence-corrected chi connectivity index (χ2v) is 3.74. The van der Waals surface area contributed by atoms with E-state index < -0.39 is 0 Å². The van der Waals surface area contributed by atoms with Crippen molar-refractivity contribution in [2.45, 2.75) is 25.8 Å². The van der Waals surface area contributed by atoms with Crippen LogP contribution in [-0.2, 0) is 4.79 Å². The number of amides is 1. The van der Waals surface area contributed by atoms with Crippen molar-refractivity contribution in [1.29, 1.82) is 0 Å². The summed E-state index contributed by atoms with van der Waals surface area (Å²) in [6.07, 6.45) is 0. The number of rotatable bonds is 4. The van der Waals surface area contributed by atoms with Crippen LogP contribution in [0.5, 0.6) is 0 Å². The van der Waals surface area contributed by atoms with Gasteiger partial charge in [0.25, 0.3) is 0 Å². The molecule has 2 atom stereocenters. The number of nitrogens with one attached hydrogen (secondary N) is 1. The highest BCUT2D eigenvalue weighted by atomic mass is 16.1. The first kappa shape index (κ1) is 11.7. The highest BCUT2D eigenvalue weighted by molar-refractivity contribution is 5.73. The summed E-state index contributed by atoms with van der Waals surface area (Å²) < 4.78 is 0. The summed E-state index contributed by atoms with van der Waals surface area (Å²) in [5.74, 6) is 0.202. The Balaban J connectivity index is 2.73. The molecule has 0 fully saturated rings. The summed E-state index contributed by atoms with van der Waals surface area (Å²) in [4.78, 5) is 11.0. The van der Waals surface area contributed by atoms with Crippen LogP contribution in [0.2, 0.25) is 0 Å². The van der Waals surface area contributed by atoms with Gasteiger partial charge in [-0.1, -0.05) is 37.3 Å². The van der Waals surface area contributed by atoms with E-state index in [-0.39, 0.29) is 17.9 Å². The van der Waals surface area contributed by atoms with Crippen molar-refractivity contribution >= 4 is 5.91 Å². The second-order valence-electron chi connectivity index (χ2n) is 3.74. The van der Waals surface area contributed by atoms with E-state index in [9.17, 15) is 4.79 Å². The van der Waals surface area contributed by atoms with E-state index >= 15 is 0 Å². The topological polar surface area (TPSA) is 55.1 Å². The maximum absolute atomic E-state index is 11.0. The fourth-order valence-corrected chi connectivity index (χ4v) is 1.64. The number of hydrogen-bond donors (Lipinski definition) is 2. The fraction of sp³-hybridized carbons (Fsp3) is 0.417. The van der Waals surface area contributed by atoms with E-state index in [1.807, 2.05) is 18.2 Å². The molecule has 3 heteroatoms. The molecule has 0 heterocycles. The third kappa shape index (κ3) is 3.36. The fourth-order valence-electron chi connectivity index (χ4n) is 1.64. The monoisotopic (exact) mass is 206 g/mol. The quantitative estimate of drug-likeness (QED) is 0.779. The normalized spacial score (nSPS) is 14.3. The van der Waals surface area contributed by atoms with Crippen LogP contribution in [0.4, 0.5) is 0 Å². The second kappa shape index (κ2) is 5.51. The summed E-state index contributed by atoms with van der Waals surface area (Å²) in [6, 6.07) is 10.1. The molecule has 1 amide bonds. The first-order valence-corrected chi connectivity index (χ1v) is 5.17. The Morgan fingerprint density at radius 1 is 1.40 bits per heavy atom.